The molecular weight excluding hydrogens is 613 g/mol. The van der Waals surface area contributed by atoms with E-state index in [1.807, 2.05) is 0 Å². The van der Waals surface area contributed by atoms with Gasteiger partial charge in [-0.15, -0.1) is 0 Å². The first kappa shape index (κ1) is 51.0. The third kappa shape index (κ3) is 39.5. The highest BCUT2D eigenvalue weighted by atomic mass is 14.3. The van der Waals surface area contributed by atoms with Gasteiger partial charge < -0.3 is 0 Å². The zero-order valence-corrected chi connectivity index (χ0v) is 37.0. The minimum absolute atomic E-state index is 0.669. The van der Waals surface area contributed by atoms with Gasteiger partial charge in [0.1, 0.15) is 0 Å². The molecule has 0 fully saturated rings. The summed E-state index contributed by atoms with van der Waals surface area (Å²) in [6.45, 7) is 9.37. The van der Waals surface area contributed by atoms with Crippen LogP contribution in [-0.2, 0) is 0 Å². The van der Waals surface area contributed by atoms with Gasteiger partial charge in [-0.1, -0.05) is 297 Å². The summed E-state index contributed by atoms with van der Waals surface area (Å²) in [5, 5.41) is 0. The molecule has 0 radical (unpaired) electrons. The Balaban J connectivity index is 4.56. The minimum atomic E-state index is 0.669. The average molecular weight is 717 g/mol. The van der Waals surface area contributed by atoms with E-state index in [9.17, 15) is 0 Å². The summed E-state index contributed by atoms with van der Waals surface area (Å²) in [4.78, 5) is 0. The molecule has 1 atom stereocenters. The molecule has 0 saturated carbocycles. The van der Waals surface area contributed by atoms with Crippen LogP contribution in [0.2, 0.25) is 0 Å². The lowest BCUT2D eigenvalue weighted by atomic mass is 9.70. The Morgan fingerprint density at radius 2 is 0.275 bits per heavy atom. The van der Waals surface area contributed by atoms with Gasteiger partial charge in [-0.05, 0) is 31.1 Å². The normalized spacial score (nSPS) is 12.9. The van der Waals surface area contributed by atoms with Gasteiger partial charge in [0.15, 0.2) is 0 Å². The standard InChI is InChI=1S/C51H104/c1-5-9-13-17-21-23-25-27-28-29-30-31-33-35-38-42-46-50-51(47-43-39-20-16-12-8-4,48-44-40-36-19-15-11-7-3)49-45-41-37-34-32-26-24-22-18-14-10-6-2/h5-50H2,1-4H3. The maximum absolute atomic E-state index is 2.36. The molecule has 0 heterocycles. The average Bonchev–Trinajstić information content (AvgIpc) is 3.14. The van der Waals surface area contributed by atoms with E-state index in [1.165, 1.54) is 270 Å². The summed E-state index contributed by atoms with van der Waals surface area (Å²) in [6.07, 6.45) is 68.2. The van der Waals surface area contributed by atoms with E-state index in [0.717, 1.165) is 0 Å². The smallest absolute Gasteiger partial charge is 0.0297 e. The molecule has 0 heteroatoms. The van der Waals surface area contributed by atoms with Crippen LogP contribution in [0.5, 0.6) is 0 Å². The topological polar surface area (TPSA) is 0 Å². The molecule has 0 aromatic carbocycles. The van der Waals surface area contributed by atoms with E-state index >= 15 is 0 Å². The highest BCUT2D eigenvalue weighted by molar-refractivity contribution is 4.80. The van der Waals surface area contributed by atoms with Gasteiger partial charge in [-0.25, -0.2) is 0 Å². The van der Waals surface area contributed by atoms with Gasteiger partial charge in [-0.2, -0.15) is 0 Å². The molecule has 0 aromatic rings. The lowest BCUT2D eigenvalue weighted by molar-refractivity contribution is 0.171. The molecule has 51 heavy (non-hydrogen) atoms. The number of unbranched alkanes of at least 4 members (excludes halogenated alkanes) is 38. The van der Waals surface area contributed by atoms with Gasteiger partial charge in [0.05, 0.1) is 0 Å². The molecule has 0 amide bonds. The number of hydrogen-bond donors (Lipinski definition) is 0. The molecule has 0 saturated heterocycles. The third-order valence-corrected chi connectivity index (χ3v) is 12.7. The van der Waals surface area contributed by atoms with Crippen molar-refractivity contribution in [1.82, 2.24) is 0 Å². The van der Waals surface area contributed by atoms with Crippen molar-refractivity contribution in [3.05, 3.63) is 0 Å². The first-order valence-corrected chi connectivity index (χ1v) is 25.2. The Morgan fingerprint density at radius 3 is 0.412 bits per heavy atom. The van der Waals surface area contributed by atoms with Crippen LogP contribution in [-0.4, -0.2) is 0 Å². The molecule has 0 bridgehead atoms. The van der Waals surface area contributed by atoms with Gasteiger partial charge in [0.25, 0.3) is 0 Å². The molecule has 0 nitrogen and oxygen atoms in total. The fourth-order valence-corrected chi connectivity index (χ4v) is 9.05. The molecule has 308 valence electrons. The van der Waals surface area contributed by atoms with Crippen molar-refractivity contribution >= 4 is 0 Å². The summed E-state index contributed by atoms with van der Waals surface area (Å²) in [7, 11) is 0. The Kier molecular flexibility index (Phi) is 44.4. The van der Waals surface area contributed by atoms with Crippen molar-refractivity contribution in [2.45, 2.75) is 323 Å². The van der Waals surface area contributed by atoms with E-state index in [1.54, 1.807) is 25.7 Å². The Bertz CT molecular complexity index is 593. The van der Waals surface area contributed by atoms with Crippen molar-refractivity contribution in [2.24, 2.45) is 5.41 Å². The molecule has 0 aliphatic heterocycles. The SMILES string of the molecule is CCCCCCCCCCCCCCCCCCCC(CCCCCCCC)(CCCCCCCCC)CCCCCCCCCCCCCC. The predicted molar refractivity (Wildman–Crippen MR) is 238 cm³/mol. The Hall–Kier alpha value is 0. The van der Waals surface area contributed by atoms with Crippen molar-refractivity contribution < 1.29 is 0 Å². The monoisotopic (exact) mass is 717 g/mol. The van der Waals surface area contributed by atoms with Crippen LogP contribution in [0.25, 0.3) is 0 Å². The molecule has 0 aliphatic carbocycles. The van der Waals surface area contributed by atoms with Crippen LogP contribution in [0.3, 0.4) is 0 Å². The Labute approximate surface area is 327 Å². The third-order valence-electron chi connectivity index (χ3n) is 12.7. The van der Waals surface area contributed by atoms with Crippen molar-refractivity contribution in [3.63, 3.8) is 0 Å². The maximum Gasteiger partial charge on any atom is -0.0297 e. The zero-order chi connectivity index (χ0) is 37.0. The predicted octanol–water partition coefficient (Wildman–Crippen LogP) is 20.0. The van der Waals surface area contributed by atoms with Gasteiger partial charge >= 0.3 is 0 Å². The number of hydrogen-bond acceptors (Lipinski definition) is 0. The van der Waals surface area contributed by atoms with Crippen LogP contribution in [0.4, 0.5) is 0 Å². The lowest BCUT2D eigenvalue weighted by Gasteiger charge is -2.35. The second kappa shape index (κ2) is 44.4. The van der Waals surface area contributed by atoms with Crippen molar-refractivity contribution in [2.75, 3.05) is 0 Å². The van der Waals surface area contributed by atoms with Crippen LogP contribution in [0.1, 0.15) is 323 Å². The molecule has 1 unspecified atom stereocenters. The summed E-state index contributed by atoms with van der Waals surface area (Å²) >= 11 is 0. The van der Waals surface area contributed by atoms with Gasteiger partial charge in [0, 0.05) is 0 Å². The highest BCUT2D eigenvalue weighted by Crippen LogP contribution is 2.42. The van der Waals surface area contributed by atoms with E-state index < -0.39 is 0 Å². The zero-order valence-electron chi connectivity index (χ0n) is 37.0. The van der Waals surface area contributed by atoms with Crippen LogP contribution in [0, 0.1) is 5.41 Å². The van der Waals surface area contributed by atoms with E-state index in [2.05, 4.69) is 27.7 Å². The Morgan fingerprint density at radius 1 is 0.157 bits per heavy atom. The van der Waals surface area contributed by atoms with Crippen LogP contribution in [0.15, 0.2) is 0 Å². The maximum atomic E-state index is 2.36. The first-order chi connectivity index (χ1) is 25.2. The number of rotatable bonds is 46. The first-order valence-electron chi connectivity index (χ1n) is 25.2. The minimum Gasteiger partial charge on any atom is -0.0654 e. The van der Waals surface area contributed by atoms with Crippen molar-refractivity contribution in [3.8, 4) is 0 Å². The molecule has 0 rings (SSSR count). The fourth-order valence-electron chi connectivity index (χ4n) is 9.05. The second-order valence-corrected chi connectivity index (χ2v) is 17.9. The second-order valence-electron chi connectivity index (χ2n) is 17.9. The molecule has 0 N–H and O–H groups in total. The van der Waals surface area contributed by atoms with E-state index in [0.29, 0.717) is 5.41 Å². The summed E-state index contributed by atoms with van der Waals surface area (Å²) < 4.78 is 0. The lowest BCUT2D eigenvalue weighted by Crippen LogP contribution is -2.21. The fraction of sp³-hybridized carbons (Fsp3) is 1.00. The molecule has 0 aliphatic rings. The summed E-state index contributed by atoms with van der Waals surface area (Å²) in [5.41, 5.74) is 0.669. The summed E-state index contributed by atoms with van der Waals surface area (Å²) in [5.74, 6) is 0. The van der Waals surface area contributed by atoms with Crippen LogP contribution < -0.4 is 0 Å². The van der Waals surface area contributed by atoms with Crippen molar-refractivity contribution in [1.29, 1.82) is 0 Å². The van der Waals surface area contributed by atoms with Gasteiger partial charge in [-0.3, -0.25) is 0 Å². The van der Waals surface area contributed by atoms with E-state index in [4.69, 9.17) is 0 Å². The molecule has 0 aromatic heterocycles. The van der Waals surface area contributed by atoms with Gasteiger partial charge in [0.2, 0.25) is 0 Å². The largest absolute Gasteiger partial charge is 0.0654 e. The van der Waals surface area contributed by atoms with E-state index in [-0.39, 0.29) is 0 Å². The summed E-state index contributed by atoms with van der Waals surface area (Å²) in [6, 6.07) is 0. The quantitative estimate of drug-likeness (QED) is 0.0550. The van der Waals surface area contributed by atoms with Crippen LogP contribution >= 0.6 is 0 Å². The highest BCUT2D eigenvalue weighted by Gasteiger charge is 2.28. The molecular formula is C51H104. The molecule has 0 spiro atoms.